The minimum atomic E-state index is -0.0819. The molecule has 86 valence electrons. The number of nitrogens with zero attached hydrogens (tertiary/aromatic N) is 1. The van der Waals surface area contributed by atoms with Crippen molar-refractivity contribution in [3.05, 3.63) is 0 Å². The summed E-state index contributed by atoms with van der Waals surface area (Å²) >= 11 is 0. The van der Waals surface area contributed by atoms with E-state index in [1.54, 1.807) is 0 Å². The molecule has 0 saturated carbocycles. The van der Waals surface area contributed by atoms with Crippen molar-refractivity contribution < 1.29 is 14.3 Å². The topological polar surface area (TPSA) is 38.8 Å². The first kappa shape index (κ1) is 10.9. The van der Waals surface area contributed by atoms with Gasteiger partial charge in [-0.2, -0.15) is 0 Å². The number of carbonyl (C=O) groups excluding carboxylic acids is 1. The van der Waals surface area contributed by atoms with Crippen molar-refractivity contribution in [2.45, 2.75) is 37.8 Å². The molecule has 0 bridgehead atoms. The number of piperidine rings is 1. The van der Waals surface area contributed by atoms with Crippen LogP contribution in [0.25, 0.3) is 0 Å². The Morgan fingerprint density at radius 3 is 2.93 bits per heavy atom. The van der Waals surface area contributed by atoms with Crippen LogP contribution >= 0.6 is 0 Å². The van der Waals surface area contributed by atoms with Crippen LogP contribution in [-0.2, 0) is 14.3 Å². The largest absolute Gasteiger partial charge is 0.468 e. The first-order valence-corrected chi connectivity index (χ1v) is 5.74. The van der Waals surface area contributed by atoms with Crippen molar-refractivity contribution in [2.75, 3.05) is 26.9 Å². The molecular formula is C11H19NO3. The van der Waals surface area contributed by atoms with E-state index < -0.39 is 0 Å². The third kappa shape index (κ3) is 2.32. The maximum atomic E-state index is 11.6. The molecular weight excluding hydrogens is 194 g/mol. The number of likely N-dealkylation sites (tertiary alicyclic amines) is 1. The lowest BCUT2D eigenvalue weighted by molar-refractivity contribution is -0.149. The molecule has 4 heteroatoms. The highest BCUT2D eigenvalue weighted by molar-refractivity contribution is 5.75. The Bertz CT molecular complexity index is 226. The number of carbonyl (C=O) groups is 1. The van der Waals surface area contributed by atoms with Gasteiger partial charge in [0.1, 0.15) is 6.04 Å². The predicted octanol–water partition coefficient (Wildman–Crippen LogP) is 0.803. The third-order valence-electron chi connectivity index (χ3n) is 3.39. The molecule has 2 fully saturated rings. The summed E-state index contributed by atoms with van der Waals surface area (Å²) in [6, 6.07) is 0.393. The van der Waals surface area contributed by atoms with E-state index in [0.29, 0.717) is 6.04 Å². The quantitative estimate of drug-likeness (QED) is 0.636. The molecule has 2 heterocycles. The Labute approximate surface area is 90.5 Å². The molecule has 2 aliphatic heterocycles. The van der Waals surface area contributed by atoms with Gasteiger partial charge in [-0.05, 0) is 25.8 Å². The van der Waals surface area contributed by atoms with Crippen molar-refractivity contribution in [3.8, 4) is 0 Å². The van der Waals surface area contributed by atoms with Gasteiger partial charge in [-0.15, -0.1) is 0 Å². The normalized spacial score (nSPS) is 32.9. The fraction of sp³-hybridized carbons (Fsp3) is 0.909. The van der Waals surface area contributed by atoms with E-state index in [9.17, 15) is 4.79 Å². The molecule has 0 aliphatic carbocycles. The molecule has 2 aliphatic rings. The van der Waals surface area contributed by atoms with Crippen LogP contribution in [0.3, 0.4) is 0 Å². The number of hydrogen-bond donors (Lipinski definition) is 0. The van der Waals surface area contributed by atoms with E-state index >= 15 is 0 Å². The molecule has 0 aromatic heterocycles. The average molecular weight is 213 g/mol. The Morgan fingerprint density at radius 1 is 1.40 bits per heavy atom. The Balaban J connectivity index is 2.01. The van der Waals surface area contributed by atoms with E-state index in [4.69, 9.17) is 9.47 Å². The first-order chi connectivity index (χ1) is 7.33. The Morgan fingerprint density at radius 2 is 2.27 bits per heavy atom. The van der Waals surface area contributed by atoms with E-state index in [0.717, 1.165) is 39.0 Å². The number of rotatable bonds is 2. The minimum absolute atomic E-state index is 0.0320. The molecule has 0 amide bonds. The monoisotopic (exact) mass is 213 g/mol. The van der Waals surface area contributed by atoms with Gasteiger partial charge < -0.3 is 9.47 Å². The van der Waals surface area contributed by atoms with Gasteiger partial charge in [-0.25, -0.2) is 0 Å². The first-order valence-electron chi connectivity index (χ1n) is 5.74. The Kier molecular flexibility index (Phi) is 3.59. The van der Waals surface area contributed by atoms with Gasteiger partial charge in [0.15, 0.2) is 0 Å². The van der Waals surface area contributed by atoms with Crippen molar-refractivity contribution in [2.24, 2.45) is 0 Å². The summed E-state index contributed by atoms with van der Waals surface area (Å²) in [6.07, 6.45) is 4.30. The summed E-state index contributed by atoms with van der Waals surface area (Å²) in [5, 5.41) is 0. The van der Waals surface area contributed by atoms with E-state index in [-0.39, 0.29) is 12.0 Å². The van der Waals surface area contributed by atoms with Crippen molar-refractivity contribution in [3.63, 3.8) is 0 Å². The highest BCUT2D eigenvalue weighted by atomic mass is 16.5. The molecule has 2 atom stereocenters. The summed E-state index contributed by atoms with van der Waals surface area (Å²) in [5.74, 6) is -0.0819. The van der Waals surface area contributed by atoms with Gasteiger partial charge >= 0.3 is 5.97 Å². The molecule has 0 radical (unpaired) electrons. The molecule has 1 unspecified atom stereocenters. The zero-order valence-corrected chi connectivity index (χ0v) is 9.28. The smallest absolute Gasteiger partial charge is 0.323 e. The van der Waals surface area contributed by atoms with Crippen LogP contribution in [0.4, 0.5) is 0 Å². The lowest BCUT2D eigenvalue weighted by Crippen LogP contribution is -2.50. The fourth-order valence-electron chi connectivity index (χ4n) is 2.56. The zero-order valence-electron chi connectivity index (χ0n) is 9.28. The number of methoxy groups -OCH3 is 1. The second-order valence-electron chi connectivity index (χ2n) is 4.29. The number of esters is 1. The second kappa shape index (κ2) is 4.94. The molecule has 0 aromatic rings. The SMILES string of the molecule is COC(=O)[C@H]1CCCCN1C1CCOC1. The van der Waals surface area contributed by atoms with Crippen molar-refractivity contribution in [1.82, 2.24) is 4.90 Å². The van der Waals surface area contributed by atoms with E-state index in [1.807, 2.05) is 0 Å². The summed E-state index contributed by atoms with van der Waals surface area (Å²) in [5.41, 5.74) is 0. The van der Waals surface area contributed by atoms with Crippen LogP contribution in [0, 0.1) is 0 Å². The highest BCUT2D eigenvalue weighted by Crippen LogP contribution is 2.24. The van der Waals surface area contributed by atoms with E-state index in [1.165, 1.54) is 13.5 Å². The van der Waals surface area contributed by atoms with Crippen LogP contribution in [0.15, 0.2) is 0 Å². The summed E-state index contributed by atoms with van der Waals surface area (Å²) < 4.78 is 10.2. The predicted molar refractivity (Wildman–Crippen MR) is 55.6 cm³/mol. The highest BCUT2D eigenvalue weighted by Gasteiger charge is 2.35. The van der Waals surface area contributed by atoms with Gasteiger partial charge in [0.05, 0.1) is 13.7 Å². The summed E-state index contributed by atoms with van der Waals surface area (Å²) in [4.78, 5) is 13.9. The molecule has 0 N–H and O–H groups in total. The zero-order chi connectivity index (χ0) is 10.7. The molecule has 2 rings (SSSR count). The lowest BCUT2D eigenvalue weighted by atomic mass is 9.99. The van der Waals surface area contributed by atoms with Gasteiger partial charge in [0, 0.05) is 12.6 Å². The number of ether oxygens (including phenoxy) is 2. The van der Waals surface area contributed by atoms with Gasteiger partial charge in [0.2, 0.25) is 0 Å². The fourth-order valence-corrected chi connectivity index (χ4v) is 2.56. The van der Waals surface area contributed by atoms with Crippen LogP contribution in [0.5, 0.6) is 0 Å². The summed E-state index contributed by atoms with van der Waals surface area (Å²) in [6.45, 7) is 2.61. The molecule has 2 saturated heterocycles. The average Bonchev–Trinajstić information content (AvgIpc) is 2.81. The van der Waals surface area contributed by atoms with Crippen LogP contribution in [0.1, 0.15) is 25.7 Å². The number of hydrogen-bond acceptors (Lipinski definition) is 4. The lowest BCUT2D eigenvalue weighted by Gasteiger charge is -2.37. The molecule has 15 heavy (non-hydrogen) atoms. The second-order valence-corrected chi connectivity index (χ2v) is 4.29. The van der Waals surface area contributed by atoms with E-state index in [2.05, 4.69) is 4.90 Å². The van der Waals surface area contributed by atoms with Crippen molar-refractivity contribution in [1.29, 1.82) is 0 Å². The Hall–Kier alpha value is -0.610. The van der Waals surface area contributed by atoms with Crippen LogP contribution < -0.4 is 0 Å². The maximum Gasteiger partial charge on any atom is 0.323 e. The minimum Gasteiger partial charge on any atom is -0.468 e. The van der Waals surface area contributed by atoms with Gasteiger partial charge in [-0.3, -0.25) is 9.69 Å². The molecule has 0 aromatic carbocycles. The standard InChI is InChI=1S/C11H19NO3/c1-14-11(13)10-4-2-3-6-12(10)9-5-7-15-8-9/h9-10H,2-8H2,1H3/t9?,10-/m1/s1. The van der Waals surface area contributed by atoms with Gasteiger partial charge in [0.25, 0.3) is 0 Å². The maximum absolute atomic E-state index is 11.6. The van der Waals surface area contributed by atoms with Crippen LogP contribution in [0.2, 0.25) is 0 Å². The molecule has 0 spiro atoms. The summed E-state index contributed by atoms with van der Waals surface area (Å²) in [7, 11) is 1.47. The third-order valence-corrected chi connectivity index (χ3v) is 3.39. The van der Waals surface area contributed by atoms with Gasteiger partial charge in [-0.1, -0.05) is 6.42 Å². The molecule has 4 nitrogen and oxygen atoms in total. The van der Waals surface area contributed by atoms with Crippen molar-refractivity contribution >= 4 is 5.97 Å². The van der Waals surface area contributed by atoms with Crippen LogP contribution in [-0.4, -0.2) is 49.8 Å².